The molecule has 0 aromatic heterocycles. The van der Waals surface area contributed by atoms with Crippen molar-refractivity contribution in [3.05, 3.63) is 29.8 Å². The van der Waals surface area contributed by atoms with E-state index >= 15 is 0 Å². The van der Waals surface area contributed by atoms with Crippen LogP contribution in [0, 0.1) is 0 Å². The lowest BCUT2D eigenvalue weighted by Gasteiger charge is -2.23. The number of aliphatic hydroxyl groups excluding tert-OH is 1. The van der Waals surface area contributed by atoms with Crippen molar-refractivity contribution >= 4 is 0 Å². The van der Waals surface area contributed by atoms with Crippen LogP contribution < -0.4 is 10.1 Å². The Bertz CT molecular complexity index is 395. The van der Waals surface area contributed by atoms with Crippen molar-refractivity contribution in [2.45, 2.75) is 44.4 Å². The van der Waals surface area contributed by atoms with E-state index in [4.69, 9.17) is 0 Å². The topological polar surface area (TPSA) is 41.5 Å². The maximum Gasteiger partial charge on any atom is 0.387 e. The van der Waals surface area contributed by atoms with Crippen LogP contribution in [-0.2, 0) is 0 Å². The van der Waals surface area contributed by atoms with Crippen LogP contribution in [0.2, 0.25) is 0 Å². The van der Waals surface area contributed by atoms with Crippen molar-refractivity contribution in [1.82, 2.24) is 5.32 Å². The van der Waals surface area contributed by atoms with Crippen molar-refractivity contribution in [2.24, 2.45) is 0 Å². The quantitative estimate of drug-likeness (QED) is 0.836. The molecule has 0 radical (unpaired) electrons. The van der Waals surface area contributed by atoms with Crippen molar-refractivity contribution in [3.63, 3.8) is 0 Å². The molecule has 1 aromatic rings. The van der Waals surface area contributed by atoms with Gasteiger partial charge in [0, 0.05) is 11.6 Å². The van der Waals surface area contributed by atoms with E-state index in [2.05, 4.69) is 10.1 Å². The van der Waals surface area contributed by atoms with E-state index in [1.165, 1.54) is 18.9 Å². The molecule has 1 atom stereocenters. The standard InChI is InChI=1S/C14H19F2NO2/c15-14(16)19-13-8-4-3-7-11(13)12(9-18)17-10-5-1-2-6-10/h3-4,7-8,10,12,14,17-18H,1-2,5-6,9H2. The number of halogens is 2. The highest BCUT2D eigenvalue weighted by molar-refractivity contribution is 5.36. The number of nitrogens with one attached hydrogen (secondary N) is 1. The molecule has 19 heavy (non-hydrogen) atoms. The van der Waals surface area contributed by atoms with Gasteiger partial charge in [-0.2, -0.15) is 8.78 Å². The predicted octanol–water partition coefficient (Wildman–Crippen LogP) is 2.85. The summed E-state index contributed by atoms with van der Waals surface area (Å²) in [6, 6.07) is 6.59. The SMILES string of the molecule is OCC(NC1CCCC1)c1ccccc1OC(F)F. The number of aliphatic hydroxyl groups is 1. The van der Waals surface area contributed by atoms with Crippen LogP contribution in [0.4, 0.5) is 8.78 Å². The number of alkyl halides is 2. The van der Waals surface area contributed by atoms with Gasteiger partial charge in [0.1, 0.15) is 5.75 Å². The third-order valence-corrected chi connectivity index (χ3v) is 3.49. The first-order valence-electron chi connectivity index (χ1n) is 6.61. The molecule has 5 heteroatoms. The number of hydrogen-bond acceptors (Lipinski definition) is 3. The van der Waals surface area contributed by atoms with Gasteiger partial charge in [-0.3, -0.25) is 0 Å². The van der Waals surface area contributed by atoms with Gasteiger partial charge in [-0.15, -0.1) is 0 Å². The number of ether oxygens (including phenoxy) is 1. The molecule has 1 aliphatic carbocycles. The van der Waals surface area contributed by atoms with E-state index in [0.29, 0.717) is 11.6 Å². The molecule has 0 heterocycles. The maximum atomic E-state index is 12.4. The summed E-state index contributed by atoms with van der Waals surface area (Å²) in [5.41, 5.74) is 0.581. The average Bonchev–Trinajstić information content (AvgIpc) is 2.89. The molecule has 3 nitrogen and oxygen atoms in total. The van der Waals surface area contributed by atoms with Gasteiger partial charge in [0.05, 0.1) is 12.6 Å². The van der Waals surface area contributed by atoms with Crippen molar-refractivity contribution < 1.29 is 18.6 Å². The van der Waals surface area contributed by atoms with Gasteiger partial charge >= 0.3 is 6.61 Å². The van der Waals surface area contributed by atoms with Crippen molar-refractivity contribution in [1.29, 1.82) is 0 Å². The zero-order chi connectivity index (χ0) is 13.7. The molecule has 2 rings (SSSR count). The number of para-hydroxylation sites is 1. The molecule has 0 spiro atoms. The highest BCUT2D eigenvalue weighted by Crippen LogP contribution is 2.28. The van der Waals surface area contributed by atoms with E-state index in [-0.39, 0.29) is 18.4 Å². The monoisotopic (exact) mass is 271 g/mol. The minimum absolute atomic E-state index is 0.127. The van der Waals surface area contributed by atoms with E-state index < -0.39 is 6.61 Å². The van der Waals surface area contributed by atoms with Crippen LogP contribution in [0.25, 0.3) is 0 Å². The van der Waals surface area contributed by atoms with Crippen LogP contribution in [0.3, 0.4) is 0 Å². The molecule has 0 aliphatic heterocycles. The minimum Gasteiger partial charge on any atom is -0.434 e. The van der Waals surface area contributed by atoms with Gasteiger partial charge in [-0.05, 0) is 18.9 Å². The van der Waals surface area contributed by atoms with Crippen molar-refractivity contribution in [2.75, 3.05) is 6.61 Å². The summed E-state index contributed by atoms with van der Waals surface area (Å²) >= 11 is 0. The summed E-state index contributed by atoms with van der Waals surface area (Å²) in [6.07, 6.45) is 4.47. The largest absolute Gasteiger partial charge is 0.434 e. The Morgan fingerprint density at radius 2 is 1.95 bits per heavy atom. The first-order valence-corrected chi connectivity index (χ1v) is 6.61. The second kappa shape index (κ2) is 6.82. The third-order valence-electron chi connectivity index (χ3n) is 3.49. The molecule has 0 saturated heterocycles. The lowest BCUT2D eigenvalue weighted by Crippen LogP contribution is -2.33. The fourth-order valence-electron chi connectivity index (χ4n) is 2.59. The molecule has 0 bridgehead atoms. The third kappa shape index (κ3) is 3.88. The Kier molecular flexibility index (Phi) is 5.10. The Morgan fingerprint density at radius 1 is 1.26 bits per heavy atom. The molecule has 0 amide bonds. The molecule has 1 aliphatic rings. The zero-order valence-electron chi connectivity index (χ0n) is 10.7. The van der Waals surface area contributed by atoms with Crippen molar-refractivity contribution in [3.8, 4) is 5.75 Å². The first-order chi connectivity index (χ1) is 9.20. The Balaban J connectivity index is 2.12. The van der Waals surface area contributed by atoms with Crippen LogP contribution in [0.15, 0.2) is 24.3 Å². The highest BCUT2D eigenvalue weighted by Gasteiger charge is 2.22. The van der Waals surface area contributed by atoms with Gasteiger partial charge in [0.2, 0.25) is 0 Å². The summed E-state index contributed by atoms with van der Waals surface area (Å²) in [5.74, 6) is 0.127. The summed E-state index contributed by atoms with van der Waals surface area (Å²) in [4.78, 5) is 0. The van der Waals surface area contributed by atoms with Crippen LogP contribution in [0.1, 0.15) is 37.3 Å². The zero-order valence-corrected chi connectivity index (χ0v) is 10.7. The number of rotatable bonds is 6. The second-order valence-corrected chi connectivity index (χ2v) is 4.80. The molecular formula is C14H19F2NO2. The lowest BCUT2D eigenvalue weighted by atomic mass is 10.0. The average molecular weight is 271 g/mol. The van der Waals surface area contributed by atoms with Gasteiger partial charge in [0.15, 0.2) is 0 Å². The Morgan fingerprint density at radius 3 is 2.58 bits per heavy atom. The molecule has 106 valence electrons. The molecular weight excluding hydrogens is 252 g/mol. The fourth-order valence-corrected chi connectivity index (χ4v) is 2.59. The fraction of sp³-hybridized carbons (Fsp3) is 0.571. The highest BCUT2D eigenvalue weighted by atomic mass is 19.3. The Labute approximate surface area is 111 Å². The predicted molar refractivity (Wildman–Crippen MR) is 68.3 cm³/mol. The minimum atomic E-state index is -2.85. The van der Waals surface area contributed by atoms with Crippen LogP contribution in [-0.4, -0.2) is 24.4 Å². The maximum absolute atomic E-state index is 12.4. The van der Waals surface area contributed by atoms with Gasteiger partial charge in [0.25, 0.3) is 0 Å². The molecule has 2 N–H and O–H groups in total. The van der Waals surface area contributed by atoms with Gasteiger partial charge < -0.3 is 15.2 Å². The molecule has 1 aromatic carbocycles. The van der Waals surface area contributed by atoms with E-state index in [0.717, 1.165) is 12.8 Å². The molecule has 1 unspecified atom stereocenters. The summed E-state index contributed by atoms with van der Waals surface area (Å²) in [6.45, 7) is -2.99. The smallest absolute Gasteiger partial charge is 0.387 e. The Hall–Kier alpha value is -1.20. The van der Waals surface area contributed by atoms with E-state index in [1.54, 1.807) is 18.2 Å². The normalized spacial score (nSPS) is 17.9. The number of benzene rings is 1. The van der Waals surface area contributed by atoms with Gasteiger partial charge in [-0.1, -0.05) is 31.0 Å². The van der Waals surface area contributed by atoms with Crippen LogP contribution in [0.5, 0.6) is 5.75 Å². The first kappa shape index (κ1) is 14.2. The molecule has 1 saturated carbocycles. The molecule has 1 fully saturated rings. The van der Waals surface area contributed by atoms with E-state index in [9.17, 15) is 13.9 Å². The van der Waals surface area contributed by atoms with Gasteiger partial charge in [-0.25, -0.2) is 0 Å². The van der Waals surface area contributed by atoms with Crippen LogP contribution >= 0.6 is 0 Å². The summed E-state index contributed by atoms with van der Waals surface area (Å²) in [7, 11) is 0. The number of hydrogen-bond donors (Lipinski definition) is 2. The summed E-state index contributed by atoms with van der Waals surface area (Å²) in [5, 5.41) is 12.8. The lowest BCUT2D eigenvalue weighted by molar-refractivity contribution is -0.0509. The summed E-state index contributed by atoms with van der Waals surface area (Å²) < 4.78 is 29.2. The van der Waals surface area contributed by atoms with E-state index in [1.807, 2.05) is 0 Å². The second-order valence-electron chi connectivity index (χ2n) is 4.80.